The van der Waals surface area contributed by atoms with E-state index in [4.69, 9.17) is 22.3 Å². The predicted octanol–water partition coefficient (Wildman–Crippen LogP) is -4.30. The molecule has 396 valence electrons. The zero-order valence-corrected chi connectivity index (χ0v) is 41.7. The van der Waals surface area contributed by atoms with E-state index in [-0.39, 0.29) is 38.6 Å². The molecule has 0 bridgehead atoms. The van der Waals surface area contributed by atoms with E-state index in [1.807, 2.05) is 0 Å². The standard InChI is InChI=1S/C44H69N11O14S2/c1-24(2)37(54-41(66)30(15-18-70-3)51-40(65)28(7-4-5-16-45)52-42(67)32-8-6-17-55(32)44(69)27(46)22-56)43(68)53-29(13-14-33(47)58)38(63)48-20-34(59)50-31(23-57)39(64)49-21-36(62)71-26-11-9-25(10-12-26)19-35(60)61/h9-12,24,27-32,37,56-57H,4-8,13-23,45-46H2,1-3H3,(H2,47,58)(H,48,63)(H,49,64)(H,50,59)(H,51,65)(H,52,67)(H,53,68)(H,54,66)(H,60,61)/t27-,28-,29-,30-,31-,32-,37-/m0/s1. The van der Waals surface area contributed by atoms with Gasteiger partial charge in [-0.15, -0.1) is 0 Å². The number of likely N-dealkylation sites (tertiary alicyclic amines) is 1. The fraction of sp³-hybridized carbons (Fsp3) is 0.614. The summed E-state index contributed by atoms with van der Waals surface area (Å²) in [6, 6.07) is -2.75. The highest BCUT2D eigenvalue weighted by Crippen LogP contribution is 2.21. The second kappa shape index (κ2) is 32.2. The van der Waals surface area contributed by atoms with Crippen molar-refractivity contribution < 1.29 is 68.1 Å². The van der Waals surface area contributed by atoms with Crippen LogP contribution in [0.3, 0.4) is 0 Å². The Labute approximate surface area is 419 Å². The largest absolute Gasteiger partial charge is 0.481 e. The molecule has 1 aliphatic heterocycles. The molecular formula is C44H69N11O14S2. The Morgan fingerprint density at radius 1 is 0.746 bits per heavy atom. The summed E-state index contributed by atoms with van der Waals surface area (Å²) >= 11 is 2.14. The highest BCUT2D eigenvalue weighted by Gasteiger charge is 2.38. The normalized spacial score (nSPS) is 15.7. The minimum absolute atomic E-state index is 0.0913. The smallest absolute Gasteiger partial charge is 0.307 e. The fourth-order valence-corrected chi connectivity index (χ4v) is 8.19. The number of hydrogen-bond donors (Lipinski definition) is 13. The van der Waals surface area contributed by atoms with E-state index in [1.54, 1.807) is 20.1 Å². The third-order valence-corrected chi connectivity index (χ3v) is 12.4. The Morgan fingerprint density at radius 2 is 1.35 bits per heavy atom. The molecule has 0 aromatic heterocycles. The summed E-state index contributed by atoms with van der Waals surface area (Å²) in [5.41, 5.74) is 17.3. The van der Waals surface area contributed by atoms with Crippen molar-refractivity contribution in [2.45, 2.75) is 119 Å². The molecule has 1 saturated heterocycles. The van der Waals surface area contributed by atoms with Crippen LogP contribution in [0.15, 0.2) is 29.2 Å². The Morgan fingerprint density at radius 3 is 1.94 bits per heavy atom. The summed E-state index contributed by atoms with van der Waals surface area (Å²) in [5.74, 6) is -8.52. The van der Waals surface area contributed by atoms with Gasteiger partial charge in [0.1, 0.15) is 42.3 Å². The van der Waals surface area contributed by atoms with E-state index in [9.17, 15) is 63.0 Å². The molecule has 0 aliphatic carbocycles. The number of primary amides is 1. The number of nitrogens with one attached hydrogen (secondary N) is 7. The molecule has 25 nitrogen and oxygen atoms in total. The first kappa shape index (κ1) is 61.3. The van der Waals surface area contributed by atoms with Crippen LogP contribution in [0.25, 0.3) is 0 Å². The van der Waals surface area contributed by atoms with Gasteiger partial charge in [0.05, 0.1) is 32.7 Å². The number of nitrogens with two attached hydrogens (primary N) is 3. The summed E-state index contributed by atoms with van der Waals surface area (Å²) in [7, 11) is 0. The van der Waals surface area contributed by atoms with Crippen LogP contribution < -0.4 is 54.4 Å². The molecule has 27 heteroatoms. The second-order valence-electron chi connectivity index (χ2n) is 16.9. The van der Waals surface area contributed by atoms with Gasteiger partial charge in [-0.3, -0.25) is 52.7 Å². The molecule has 0 radical (unpaired) electrons. The minimum Gasteiger partial charge on any atom is -0.481 e. The van der Waals surface area contributed by atoms with Crippen LogP contribution in [0.5, 0.6) is 0 Å². The SMILES string of the molecule is CSCC[C@H](NC(=O)[C@H](CCCCN)NC(=O)[C@@H]1CCCN1C(=O)[C@@H](N)CO)C(=O)N[C@H](C(=O)N[C@@H](CCC(N)=O)C(=O)NCC(=O)N[C@@H](CO)C(=O)NCC(=O)Sc1ccc(CC(=O)O)cc1)C(C)C. The van der Waals surface area contributed by atoms with Gasteiger partial charge in [-0.1, -0.05) is 37.7 Å². The number of unbranched alkanes of at least 4 members (excludes halogenated alkanes) is 1. The fourth-order valence-electron chi connectivity index (χ4n) is 7.04. The van der Waals surface area contributed by atoms with Gasteiger partial charge in [-0.2, -0.15) is 11.8 Å². The predicted molar refractivity (Wildman–Crippen MR) is 260 cm³/mol. The average Bonchev–Trinajstić information content (AvgIpc) is 3.83. The number of amides is 9. The van der Waals surface area contributed by atoms with Gasteiger partial charge in [0.2, 0.25) is 58.3 Å². The molecule has 0 unspecified atom stereocenters. The lowest BCUT2D eigenvalue weighted by atomic mass is 10.0. The van der Waals surface area contributed by atoms with Crippen LogP contribution >= 0.6 is 23.5 Å². The van der Waals surface area contributed by atoms with Crippen molar-refractivity contribution in [3.63, 3.8) is 0 Å². The lowest BCUT2D eigenvalue weighted by Gasteiger charge is -2.29. The Kier molecular flexibility index (Phi) is 27.8. The molecule has 2 rings (SSSR count). The van der Waals surface area contributed by atoms with Crippen molar-refractivity contribution in [2.24, 2.45) is 23.1 Å². The van der Waals surface area contributed by atoms with Crippen LogP contribution in [-0.4, -0.2) is 178 Å². The molecule has 1 fully saturated rings. The van der Waals surface area contributed by atoms with Crippen LogP contribution in [0.1, 0.15) is 70.8 Å². The van der Waals surface area contributed by atoms with E-state index in [2.05, 4.69) is 37.2 Å². The Balaban J connectivity index is 2.12. The summed E-state index contributed by atoms with van der Waals surface area (Å²) in [4.78, 5) is 144. The highest BCUT2D eigenvalue weighted by atomic mass is 32.2. The van der Waals surface area contributed by atoms with Crippen molar-refractivity contribution in [2.75, 3.05) is 51.4 Å². The highest BCUT2D eigenvalue weighted by molar-refractivity contribution is 8.13. The third kappa shape index (κ3) is 22.0. The van der Waals surface area contributed by atoms with Crippen molar-refractivity contribution in [1.82, 2.24) is 42.1 Å². The molecule has 1 aliphatic rings. The lowest BCUT2D eigenvalue weighted by Crippen LogP contribution is -2.60. The van der Waals surface area contributed by atoms with Crippen LogP contribution in [-0.2, 0) is 59.2 Å². The molecule has 71 heavy (non-hydrogen) atoms. The van der Waals surface area contributed by atoms with Gasteiger partial charge in [-0.25, -0.2) is 0 Å². The molecular weight excluding hydrogens is 971 g/mol. The first-order chi connectivity index (χ1) is 33.6. The first-order valence-electron chi connectivity index (χ1n) is 23.0. The van der Waals surface area contributed by atoms with Gasteiger partial charge < -0.3 is 74.6 Å². The Bertz CT molecular complexity index is 2020. The molecule has 1 heterocycles. The van der Waals surface area contributed by atoms with Crippen molar-refractivity contribution >= 4 is 87.8 Å². The van der Waals surface area contributed by atoms with Crippen molar-refractivity contribution in [3.05, 3.63) is 29.8 Å². The van der Waals surface area contributed by atoms with E-state index >= 15 is 0 Å². The van der Waals surface area contributed by atoms with Crippen LogP contribution in [0.2, 0.25) is 0 Å². The number of nitrogens with zero attached hydrogens (tertiary/aromatic N) is 1. The van der Waals surface area contributed by atoms with Crippen molar-refractivity contribution in [1.29, 1.82) is 0 Å². The first-order valence-corrected chi connectivity index (χ1v) is 25.2. The zero-order valence-electron chi connectivity index (χ0n) is 40.1. The van der Waals surface area contributed by atoms with E-state index in [0.29, 0.717) is 48.4 Å². The van der Waals surface area contributed by atoms with E-state index in [0.717, 1.165) is 11.8 Å². The Hall–Kier alpha value is -5.87. The molecule has 1 aromatic carbocycles. The number of carbonyl (C=O) groups excluding carboxylic acids is 10. The zero-order chi connectivity index (χ0) is 53.2. The molecule has 16 N–H and O–H groups in total. The number of aliphatic hydroxyl groups excluding tert-OH is 2. The van der Waals surface area contributed by atoms with E-state index in [1.165, 1.54) is 40.9 Å². The summed E-state index contributed by atoms with van der Waals surface area (Å²) < 4.78 is 0. The van der Waals surface area contributed by atoms with Gasteiger partial charge in [0, 0.05) is 17.9 Å². The van der Waals surface area contributed by atoms with Gasteiger partial charge in [0.15, 0.2) is 0 Å². The maximum Gasteiger partial charge on any atom is 0.307 e. The van der Waals surface area contributed by atoms with Crippen LogP contribution in [0.4, 0.5) is 0 Å². The number of hydrogen-bond acceptors (Lipinski definition) is 17. The molecule has 9 amide bonds. The van der Waals surface area contributed by atoms with Gasteiger partial charge in [0.25, 0.3) is 0 Å². The monoisotopic (exact) mass is 1040 g/mol. The summed E-state index contributed by atoms with van der Waals surface area (Å²) in [5, 5.41) is 44.9. The maximum absolute atomic E-state index is 13.9. The maximum atomic E-state index is 13.9. The number of carboxylic acid groups (broad SMARTS) is 1. The van der Waals surface area contributed by atoms with Crippen LogP contribution in [0, 0.1) is 5.92 Å². The number of carbonyl (C=O) groups is 11. The molecule has 0 saturated carbocycles. The third-order valence-electron chi connectivity index (χ3n) is 10.9. The number of rotatable bonds is 32. The molecule has 0 spiro atoms. The van der Waals surface area contributed by atoms with Gasteiger partial charge in [-0.05, 0) is 87.1 Å². The summed E-state index contributed by atoms with van der Waals surface area (Å²) in [6.07, 6.45) is 2.79. The number of aliphatic carboxylic acids is 1. The van der Waals surface area contributed by atoms with E-state index < -0.39 is 139 Å². The minimum atomic E-state index is -1.55. The number of aliphatic hydroxyl groups is 2. The number of benzene rings is 1. The summed E-state index contributed by atoms with van der Waals surface area (Å²) in [6.45, 7) is 0.942. The second-order valence-corrected chi connectivity index (χ2v) is 19.0. The van der Waals surface area contributed by atoms with Crippen molar-refractivity contribution in [3.8, 4) is 0 Å². The number of carboxylic acids is 1. The number of thioether (sulfide) groups is 2. The lowest BCUT2D eigenvalue weighted by molar-refractivity contribution is -0.141. The topological polar surface area (TPSA) is 414 Å². The quantitative estimate of drug-likeness (QED) is 0.0240. The van der Waals surface area contributed by atoms with Gasteiger partial charge >= 0.3 is 5.97 Å². The molecule has 7 atom stereocenters. The average molecular weight is 1040 g/mol. The molecule has 1 aromatic rings.